The molecule has 5 heteroatoms. The molecule has 0 aliphatic carbocycles. The van der Waals surface area contributed by atoms with Gasteiger partial charge in [-0.2, -0.15) is 0 Å². The highest BCUT2D eigenvalue weighted by molar-refractivity contribution is 7.18. The standard InChI is InChI=1S/C16H17N3OS/c1-11-9-21-15-14(11)18-10-19-16(15)17-7-12-4-3-5-13(6-12)8-20-2/h3-6,9-10H,7-8H2,1-2H3,(H,17,18,19). The van der Waals surface area contributed by atoms with E-state index in [4.69, 9.17) is 4.74 Å². The average Bonchev–Trinajstić information content (AvgIpc) is 2.88. The Hall–Kier alpha value is -1.98. The van der Waals surface area contributed by atoms with Gasteiger partial charge in [-0.1, -0.05) is 24.3 Å². The van der Waals surface area contributed by atoms with E-state index in [0.717, 1.165) is 22.6 Å². The van der Waals surface area contributed by atoms with Gasteiger partial charge in [0.1, 0.15) is 12.1 Å². The number of aryl methyl sites for hydroxylation is 1. The molecule has 0 atom stereocenters. The highest BCUT2D eigenvalue weighted by Crippen LogP contribution is 2.28. The van der Waals surface area contributed by atoms with Crippen molar-refractivity contribution in [3.63, 3.8) is 0 Å². The highest BCUT2D eigenvalue weighted by atomic mass is 32.1. The molecule has 0 fully saturated rings. The van der Waals surface area contributed by atoms with Crippen LogP contribution in [0, 0.1) is 6.92 Å². The summed E-state index contributed by atoms with van der Waals surface area (Å²) in [5.41, 5.74) is 4.62. The van der Waals surface area contributed by atoms with Gasteiger partial charge in [0, 0.05) is 13.7 Å². The van der Waals surface area contributed by atoms with Gasteiger partial charge in [0.25, 0.3) is 0 Å². The number of benzene rings is 1. The second kappa shape index (κ2) is 6.20. The number of methoxy groups -OCH3 is 1. The Kier molecular flexibility index (Phi) is 4.13. The molecule has 1 N–H and O–H groups in total. The number of nitrogens with zero attached hydrogens (tertiary/aromatic N) is 2. The Morgan fingerprint density at radius 2 is 2.10 bits per heavy atom. The van der Waals surface area contributed by atoms with Crippen LogP contribution in [0.2, 0.25) is 0 Å². The van der Waals surface area contributed by atoms with Crippen molar-refractivity contribution < 1.29 is 4.74 Å². The number of ether oxygens (including phenoxy) is 1. The zero-order chi connectivity index (χ0) is 14.7. The molecule has 4 nitrogen and oxygen atoms in total. The number of hydrogen-bond donors (Lipinski definition) is 1. The average molecular weight is 299 g/mol. The Labute approximate surface area is 127 Å². The monoisotopic (exact) mass is 299 g/mol. The molecule has 0 unspecified atom stereocenters. The molecule has 0 saturated heterocycles. The summed E-state index contributed by atoms with van der Waals surface area (Å²) in [5, 5.41) is 5.52. The maximum Gasteiger partial charge on any atom is 0.147 e. The first-order valence-corrected chi connectivity index (χ1v) is 7.65. The van der Waals surface area contributed by atoms with E-state index in [1.807, 2.05) is 0 Å². The Bertz CT molecular complexity index is 754. The second-order valence-corrected chi connectivity index (χ2v) is 5.80. The lowest BCUT2D eigenvalue weighted by Crippen LogP contribution is -2.02. The molecule has 1 aromatic carbocycles. The normalized spacial score (nSPS) is 11.0. The maximum absolute atomic E-state index is 5.17. The van der Waals surface area contributed by atoms with Crippen LogP contribution in [0.1, 0.15) is 16.7 Å². The van der Waals surface area contributed by atoms with Gasteiger partial charge in [0.2, 0.25) is 0 Å². The van der Waals surface area contributed by atoms with E-state index in [-0.39, 0.29) is 0 Å². The van der Waals surface area contributed by atoms with Crippen molar-refractivity contribution in [2.75, 3.05) is 12.4 Å². The number of rotatable bonds is 5. The fourth-order valence-corrected chi connectivity index (χ4v) is 3.25. The smallest absolute Gasteiger partial charge is 0.147 e. The van der Waals surface area contributed by atoms with Gasteiger partial charge in [-0.15, -0.1) is 11.3 Å². The summed E-state index contributed by atoms with van der Waals surface area (Å²) in [6.07, 6.45) is 1.62. The SMILES string of the molecule is COCc1cccc(CNc2ncnc3c(C)csc23)c1. The van der Waals surface area contributed by atoms with Crippen molar-refractivity contribution in [2.24, 2.45) is 0 Å². The summed E-state index contributed by atoms with van der Waals surface area (Å²) in [7, 11) is 1.71. The summed E-state index contributed by atoms with van der Waals surface area (Å²) in [6, 6.07) is 8.37. The molecule has 21 heavy (non-hydrogen) atoms. The van der Waals surface area contributed by atoms with E-state index < -0.39 is 0 Å². The minimum absolute atomic E-state index is 0.635. The number of fused-ring (bicyclic) bond motifs is 1. The zero-order valence-electron chi connectivity index (χ0n) is 12.1. The number of hydrogen-bond acceptors (Lipinski definition) is 5. The number of thiophene rings is 1. The molecule has 0 radical (unpaired) electrons. The van der Waals surface area contributed by atoms with E-state index in [0.29, 0.717) is 6.61 Å². The topological polar surface area (TPSA) is 47.0 Å². The third-order valence-corrected chi connectivity index (χ3v) is 4.39. The number of anilines is 1. The maximum atomic E-state index is 5.17. The van der Waals surface area contributed by atoms with Crippen molar-refractivity contribution in [2.45, 2.75) is 20.1 Å². The summed E-state index contributed by atoms with van der Waals surface area (Å²) in [5.74, 6) is 0.898. The van der Waals surface area contributed by atoms with Crippen molar-refractivity contribution in [1.29, 1.82) is 0 Å². The van der Waals surface area contributed by atoms with Gasteiger partial charge in [0.15, 0.2) is 0 Å². The van der Waals surface area contributed by atoms with Crippen LogP contribution in [-0.4, -0.2) is 17.1 Å². The largest absolute Gasteiger partial charge is 0.380 e. The number of nitrogens with one attached hydrogen (secondary N) is 1. The van der Waals surface area contributed by atoms with Gasteiger partial charge in [-0.25, -0.2) is 9.97 Å². The lowest BCUT2D eigenvalue weighted by atomic mass is 10.1. The minimum atomic E-state index is 0.635. The van der Waals surface area contributed by atoms with Gasteiger partial charge in [-0.05, 0) is 29.0 Å². The Morgan fingerprint density at radius 3 is 2.95 bits per heavy atom. The lowest BCUT2D eigenvalue weighted by Gasteiger charge is -2.08. The molecule has 0 aliphatic heterocycles. The molecule has 0 amide bonds. The zero-order valence-corrected chi connectivity index (χ0v) is 12.9. The Balaban J connectivity index is 1.79. The lowest BCUT2D eigenvalue weighted by molar-refractivity contribution is 0.185. The molecule has 3 rings (SSSR count). The first kappa shape index (κ1) is 14.0. The van der Waals surface area contributed by atoms with Crippen LogP contribution in [0.25, 0.3) is 10.2 Å². The predicted molar refractivity (Wildman–Crippen MR) is 86.6 cm³/mol. The second-order valence-electron chi connectivity index (χ2n) is 4.93. The molecule has 0 saturated carbocycles. The van der Waals surface area contributed by atoms with Crippen LogP contribution < -0.4 is 5.32 Å². The van der Waals surface area contributed by atoms with Crippen LogP contribution >= 0.6 is 11.3 Å². The first-order valence-electron chi connectivity index (χ1n) is 6.77. The molecule has 0 aliphatic rings. The summed E-state index contributed by atoms with van der Waals surface area (Å²) in [4.78, 5) is 8.70. The third kappa shape index (κ3) is 3.04. The molecule has 108 valence electrons. The van der Waals surface area contributed by atoms with E-state index in [1.165, 1.54) is 16.7 Å². The van der Waals surface area contributed by atoms with Crippen LogP contribution in [0.3, 0.4) is 0 Å². The van der Waals surface area contributed by atoms with Crippen molar-refractivity contribution in [1.82, 2.24) is 9.97 Å². The third-order valence-electron chi connectivity index (χ3n) is 3.29. The Morgan fingerprint density at radius 1 is 1.24 bits per heavy atom. The van der Waals surface area contributed by atoms with E-state index >= 15 is 0 Å². The van der Waals surface area contributed by atoms with E-state index in [9.17, 15) is 0 Å². The fourth-order valence-electron chi connectivity index (χ4n) is 2.28. The fraction of sp³-hybridized carbons (Fsp3) is 0.250. The molecular formula is C16H17N3OS. The van der Waals surface area contributed by atoms with E-state index in [2.05, 4.69) is 51.9 Å². The molecular weight excluding hydrogens is 282 g/mol. The van der Waals surface area contributed by atoms with Gasteiger partial charge < -0.3 is 10.1 Å². The van der Waals surface area contributed by atoms with Gasteiger partial charge >= 0.3 is 0 Å². The molecule has 3 aromatic rings. The highest BCUT2D eigenvalue weighted by Gasteiger charge is 2.07. The van der Waals surface area contributed by atoms with Crippen LogP contribution in [0.15, 0.2) is 36.0 Å². The summed E-state index contributed by atoms with van der Waals surface area (Å²) >= 11 is 1.68. The van der Waals surface area contributed by atoms with Crippen molar-refractivity contribution in [3.8, 4) is 0 Å². The first-order chi connectivity index (χ1) is 10.3. The van der Waals surface area contributed by atoms with Gasteiger partial charge in [0.05, 0.1) is 16.8 Å². The minimum Gasteiger partial charge on any atom is -0.380 e. The molecule has 0 spiro atoms. The quantitative estimate of drug-likeness (QED) is 0.779. The van der Waals surface area contributed by atoms with Crippen LogP contribution in [0.4, 0.5) is 5.82 Å². The molecule has 2 aromatic heterocycles. The van der Waals surface area contributed by atoms with Gasteiger partial charge in [-0.3, -0.25) is 0 Å². The van der Waals surface area contributed by atoms with Crippen LogP contribution in [-0.2, 0) is 17.9 Å². The summed E-state index contributed by atoms with van der Waals surface area (Å²) in [6.45, 7) is 3.44. The van der Waals surface area contributed by atoms with E-state index in [1.54, 1.807) is 24.8 Å². The van der Waals surface area contributed by atoms with Crippen LogP contribution in [0.5, 0.6) is 0 Å². The summed E-state index contributed by atoms with van der Waals surface area (Å²) < 4.78 is 6.28. The molecule has 2 heterocycles. The predicted octanol–water partition coefficient (Wildman–Crippen LogP) is 3.76. The number of aromatic nitrogens is 2. The van der Waals surface area contributed by atoms with Crippen molar-refractivity contribution >= 4 is 27.4 Å². The molecule has 0 bridgehead atoms. The van der Waals surface area contributed by atoms with Crippen molar-refractivity contribution in [3.05, 3.63) is 52.7 Å².